The van der Waals surface area contributed by atoms with Gasteiger partial charge in [-0.1, -0.05) is 0 Å². The van der Waals surface area contributed by atoms with E-state index in [1.807, 2.05) is 0 Å². The number of aryl methyl sites for hydroxylation is 4. The van der Waals surface area contributed by atoms with E-state index in [2.05, 4.69) is 130 Å². The van der Waals surface area contributed by atoms with Crippen molar-refractivity contribution in [1.82, 2.24) is 0 Å². The summed E-state index contributed by atoms with van der Waals surface area (Å²) in [5.41, 5.74) is 18.6. The number of fused-ring (bicyclic) bond motifs is 3. The molecule has 51 heavy (non-hydrogen) atoms. The predicted molar refractivity (Wildman–Crippen MR) is 208 cm³/mol. The fourth-order valence-electron chi connectivity index (χ4n) is 9.85. The maximum absolute atomic E-state index is 6.83. The van der Waals surface area contributed by atoms with Gasteiger partial charge in [0.25, 0.3) is 0 Å². The van der Waals surface area contributed by atoms with Crippen LogP contribution in [0.3, 0.4) is 0 Å². The van der Waals surface area contributed by atoms with Gasteiger partial charge in [-0.15, -0.1) is 0 Å². The SMILES string of the molecule is Cc1ccc(C2=Cc3c(ccc(C)c3-c3ccccc3)C2[C]2([Zr])C(c3ccc(C)o3)=C([SiH]3CCC3)c3c2cc2c(c3-c3ccccc3)CCC2)o1. The van der Waals surface area contributed by atoms with Gasteiger partial charge in [0.05, 0.1) is 0 Å². The molecule has 1 saturated heterocycles. The molecule has 0 bridgehead atoms. The van der Waals surface area contributed by atoms with Crippen molar-refractivity contribution in [2.24, 2.45) is 0 Å². The molecule has 3 heterocycles. The van der Waals surface area contributed by atoms with Gasteiger partial charge in [-0.05, 0) is 0 Å². The van der Waals surface area contributed by atoms with Gasteiger partial charge in [0.2, 0.25) is 0 Å². The fraction of sp³-hybridized carbons (Fsp3) is 0.234. The van der Waals surface area contributed by atoms with E-state index in [1.165, 1.54) is 105 Å². The van der Waals surface area contributed by atoms with Crippen LogP contribution >= 0.6 is 0 Å². The van der Waals surface area contributed by atoms with Gasteiger partial charge < -0.3 is 0 Å². The molecular formula is C47H41O2SiZr. The molecule has 4 aliphatic rings. The summed E-state index contributed by atoms with van der Waals surface area (Å²) in [4.78, 5) is 0. The summed E-state index contributed by atoms with van der Waals surface area (Å²) in [5.74, 6) is 4.08. The van der Waals surface area contributed by atoms with Crippen LogP contribution in [-0.2, 0) is 40.7 Å². The van der Waals surface area contributed by atoms with Gasteiger partial charge in [0.15, 0.2) is 0 Å². The third kappa shape index (κ3) is 4.75. The van der Waals surface area contributed by atoms with Crippen molar-refractivity contribution in [3.8, 4) is 22.3 Å². The molecule has 4 heteroatoms. The molecule has 0 amide bonds. The van der Waals surface area contributed by atoms with E-state index in [-0.39, 0.29) is 9.04 Å². The minimum atomic E-state index is -1.26. The molecule has 2 aromatic heterocycles. The molecule has 0 N–H and O–H groups in total. The van der Waals surface area contributed by atoms with Crippen molar-refractivity contribution in [3.05, 3.63) is 165 Å². The predicted octanol–water partition coefficient (Wildman–Crippen LogP) is 11.8. The first-order valence-corrected chi connectivity index (χ1v) is 22.1. The summed E-state index contributed by atoms with van der Waals surface area (Å²) < 4.78 is 13.2. The molecule has 0 saturated carbocycles. The summed E-state index contributed by atoms with van der Waals surface area (Å²) in [7, 11) is -1.26. The first-order chi connectivity index (χ1) is 24.9. The zero-order chi connectivity index (χ0) is 34.4. The number of rotatable bonds is 6. The molecule has 1 fully saturated rings. The van der Waals surface area contributed by atoms with Crippen LogP contribution in [0.2, 0.25) is 12.1 Å². The molecule has 0 radical (unpaired) electrons. The molecule has 2 unspecified atom stereocenters. The quantitative estimate of drug-likeness (QED) is 0.158. The van der Waals surface area contributed by atoms with E-state index in [1.54, 1.807) is 21.9 Å². The second-order valence-electron chi connectivity index (χ2n) is 15.2. The second-order valence-corrected chi connectivity index (χ2v) is 20.3. The van der Waals surface area contributed by atoms with Gasteiger partial charge in [-0.3, -0.25) is 0 Å². The van der Waals surface area contributed by atoms with Crippen molar-refractivity contribution >= 4 is 31.2 Å². The van der Waals surface area contributed by atoms with Gasteiger partial charge >= 0.3 is 320 Å². The van der Waals surface area contributed by atoms with Gasteiger partial charge in [0.1, 0.15) is 0 Å². The van der Waals surface area contributed by atoms with E-state index >= 15 is 0 Å². The maximum atomic E-state index is 6.83. The monoisotopic (exact) mass is 755 g/mol. The first kappa shape index (κ1) is 31.7. The van der Waals surface area contributed by atoms with Gasteiger partial charge in [-0.2, -0.15) is 0 Å². The summed E-state index contributed by atoms with van der Waals surface area (Å²) in [6.45, 7) is 6.45. The van der Waals surface area contributed by atoms with Crippen molar-refractivity contribution in [1.29, 1.82) is 0 Å². The van der Waals surface area contributed by atoms with Crippen LogP contribution in [-0.4, -0.2) is 8.80 Å². The van der Waals surface area contributed by atoms with Gasteiger partial charge in [0, 0.05) is 0 Å². The van der Waals surface area contributed by atoms with Crippen molar-refractivity contribution < 1.29 is 33.6 Å². The van der Waals surface area contributed by atoms with Crippen molar-refractivity contribution in [2.45, 2.75) is 67.6 Å². The summed E-state index contributed by atoms with van der Waals surface area (Å²) in [6, 6.07) is 41.4. The topological polar surface area (TPSA) is 26.3 Å². The molecule has 4 aromatic carbocycles. The Bertz CT molecular complexity index is 2420. The summed E-state index contributed by atoms with van der Waals surface area (Å²) in [5, 5.41) is 1.69. The van der Waals surface area contributed by atoms with Crippen molar-refractivity contribution in [2.75, 3.05) is 0 Å². The number of benzene rings is 4. The molecular weight excluding hydrogens is 716 g/mol. The summed E-state index contributed by atoms with van der Waals surface area (Å²) >= 11 is 1.50. The Morgan fingerprint density at radius 2 is 1.35 bits per heavy atom. The normalized spacial score (nSPS) is 20.7. The standard InChI is InChI=1S/C47H41O2Si.Zr/c1-28-18-21-35-36(41(28)31-12-6-4-7-13-31)27-37(39-22-19-29(2)48-39)43(35)44-38-26-33-16-10-17-34(33)42(32-14-8-5-9-15-32)45(38)47(50-24-11-25-50)46(44)40-23-20-30(3)49-40;/h4-9,12-15,18-23,26-27,43,50H,10-11,16-17,24-25H2,1-3H3;. The Morgan fingerprint density at radius 1 is 0.686 bits per heavy atom. The number of hydrogen-bond acceptors (Lipinski definition) is 2. The van der Waals surface area contributed by atoms with Gasteiger partial charge in [-0.25, -0.2) is 0 Å². The average Bonchev–Trinajstić information content (AvgIpc) is 3.95. The second kappa shape index (κ2) is 12.0. The van der Waals surface area contributed by atoms with Crippen LogP contribution in [0.25, 0.3) is 44.7 Å². The average molecular weight is 757 g/mol. The molecule has 3 aliphatic carbocycles. The Morgan fingerprint density at radius 3 is 1.98 bits per heavy atom. The molecule has 249 valence electrons. The van der Waals surface area contributed by atoms with Crippen LogP contribution in [0.4, 0.5) is 0 Å². The molecule has 0 spiro atoms. The van der Waals surface area contributed by atoms with E-state index in [0.29, 0.717) is 0 Å². The Kier molecular flexibility index (Phi) is 7.49. The zero-order valence-corrected chi connectivity index (χ0v) is 33.2. The number of allylic oxidation sites excluding steroid dienone is 2. The molecule has 2 atom stereocenters. The minimum absolute atomic E-state index is 0.0770. The fourth-order valence-corrected chi connectivity index (χ4v) is 15.0. The third-order valence-electron chi connectivity index (χ3n) is 12.3. The first-order valence-electron chi connectivity index (χ1n) is 18.7. The van der Waals surface area contributed by atoms with E-state index in [4.69, 9.17) is 8.83 Å². The van der Waals surface area contributed by atoms with Crippen LogP contribution in [0.15, 0.2) is 112 Å². The Balaban J connectivity index is 1.34. The van der Waals surface area contributed by atoms with E-state index in [0.717, 1.165) is 35.9 Å². The Hall–Kier alpha value is -3.98. The Labute approximate surface area is 317 Å². The van der Waals surface area contributed by atoms with E-state index < -0.39 is 8.80 Å². The number of hydrogen-bond donors (Lipinski definition) is 0. The van der Waals surface area contributed by atoms with E-state index in [9.17, 15) is 0 Å². The van der Waals surface area contributed by atoms with Crippen molar-refractivity contribution in [3.63, 3.8) is 0 Å². The number of furan rings is 2. The van der Waals surface area contributed by atoms with Crippen LogP contribution in [0, 0.1) is 20.8 Å². The van der Waals surface area contributed by atoms with Crippen LogP contribution in [0.5, 0.6) is 0 Å². The molecule has 6 aromatic rings. The molecule has 1 aliphatic heterocycles. The molecule has 2 nitrogen and oxygen atoms in total. The molecule has 10 rings (SSSR count). The zero-order valence-electron chi connectivity index (χ0n) is 29.6. The van der Waals surface area contributed by atoms with Crippen LogP contribution < -0.4 is 0 Å². The van der Waals surface area contributed by atoms with Crippen LogP contribution in [0.1, 0.15) is 80.7 Å². The summed E-state index contributed by atoms with van der Waals surface area (Å²) in [6.07, 6.45) is 7.38. The third-order valence-corrected chi connectivity index (χ3v) is 17.8.